The van der Waals surface area contributed by atoms with Gasteiger partial charge in [-0.1, -0.05) is 43.4 Å². The van der Waals surface area contributed by atoms with Crippen LogP contribution in [-0.4, -0.2) is 35.6 Å². The molecule has 3 heteroatoms. The maximum absolute atomic E-state index is 12.2. The molecular formula is C16H23NO2. The number of allylic oxidation sites excluding steroid dienone is 2. The third-order valence-corrected chi connectivity index (χ3v) is 4.07. The Balaban J connectivity index is 2.23. The van der Waals surface area contributed by atoms with E-state index in [2.05, 4.69) is 48.3 Å². The Morgan fingerprint density at radius 3 is 2.79 bits per heavy atom. The lowest BCUT2D eigenvalue weighted by Gasteiger charge is -2.46. The van der Waals surface area contributed by atoms with Crippen molar-refractivity contribution in [3.05, 3.63) is 36.5 Å². The van der Waals surface area contributed by atoms with Gasteiger partial charge in [-0.3, -0.25) is 9.69 Å². The van der Waals surface area contributed by atoms with Crippen molar-refractivity contribution in [1.29, 1.82) is 0 Å². The van der Waals surface area contributed by atoms with Crippen molar-refractivity contribution in [2.45, 2.75) is 44.7 Å². The van der Waals surface area contributed by atoms with Crippen LogP contribution in [0.1, 0.15) is 33.1 Å². The average molecular weight is 261 g/mol. The van der Waals surface area contributed by atoms with E-state index in [1.54, 1.807) is 0 Å². The Hall–Kier alpha value is -1.35. The second kappa shape index (κ2) is 6.20. The molecule has 2 rings (SSSR count). The highest BCUT2D eigenvalue weighted by Gasteiger charge is 2.40. The number of ether oxygens (including phenoxy) is 1. The van der Waals surface area contributed by atoms with Gasteiger partial charge in [0.15, 0.2) is 0 Å². The highest BCUT2D eigenvalue weighted by Crippen LogP contribution is 2.33. The molecule has 19 heavy (non-hydrogen) atoms. The summed E-state index contributed by atoms with van der Waals surface area (Å²) in [7, 11) is 0. The lowest BCUT2D eigenvalue weighted by molar-refractivity contribution is -0.151. The number of carbonyl (C=O) groups excluding carboxylic acids is 1. The van der Waals surface area contributed by atoms with Gasteiger partial charge in [-0.2, -0.15) is 0 Å². The molecule has 0 fully saturated rings. The average Bonchev–Trinajstić information content (AvgIpc) is 2.48. The van der Waals surface area contributed by atoms with E-state index in [1.807, 2.05) is 6.92 Å². The van der Waals surface area contributed by atoms with E-state index < -0.39 is 0 Å². The molecule has 0 aromatic rings. The molecule has 0 bridgehead atoms. The Morgan fingerprint density at radius 2 is 2.16 bits per heavy atom. The molecule has 104 valence electrons. The Morgan fingerprint density at radius 1 is 1.32 bits per heavy atom. The number of rotatable bonds is 4. The molecule has 0 radical (unpaired) electrons. The summed E-state index contributed by atoms with van der Waals surface area (Å²) >= 11 is 0. The summed E-state index contributed by atoms with van der Waals surface area (Å²) in [5.74, 6) is -0.0948. The second-order valence-corrected chi connectivity index (χ2v) is 5.08. The topological polar surface area (TPSA) is 29.5 Å². The Kier molecular flexibility index (Phi) is 4.59. The van der Waals surface area contributed by atoms with Gasteiger partial charge in [-0.25, -0.2) is 0 Å². The van der Waals surface area contributed by atoms with Crippen LogP contribution in [0, 0.1) is 0 Å². The molecule has 0 saturated carbocycles. The highest BCUT2D eigenvalue weighted by molar-refractivity contribution is 5.76. The van der Waals surface area contributed by atoms with Crippen LogP contribution >= 0.6 is 0 Å². The molecule has 1 aliphatic carbocycles. The standard InChI is InChI=1S/C16H23NO2/c1-3-16(11-7-5-8-12-16)17-13-9-6-10-14(17)15(18)19-4-2/h5-9,11,14H,3-4,10,12-13H2,1-2H3. The van der Waals surface area contributed by atoms with E-state index in [0.29, 0.717) is 6.61 Å². The van der Waals surface area contributed by atoms with Crippen LogP contribution in [0.3, 0.4) is 0 Å². The molecular weight excluding hydrogens is 238 g/mol. The Labute approximate surface area is 115 Å². The van der Waals surface area contributed by atoms with Crippen molar-refractivity contribution in [3.8, 4) is 0 Å². The Bertz CT molecular complexity index is 411. The van der Waals surface area contributed by atoms with E-state index >= 15 is 0 Å². The third kappa shape index (κ3) is 2.81. The molecule has 0 spiro atoms. The minimum Gasteiger partial charge on any atom is -0.465 e. The van der Waals surface area contributed by atoms with Crippen molar-refractivity contribution in [1.82, 2.24) is 4.90 Å². The lowest BCUT2D eigenvalue weighted by Crippen LogP contribution is -2.56. The normalized spacial score (nSPS) is 30.5. The first-order valence-electron chi connectivity index (χ1n) is 7.16. The van der Waals surface area contributed by atoms with Gasteiger partial charge >= 0.3 is 5.97 Å². The zero-order chi connectivity index (χ0) is 13.7. The van der Waals surface area contributed by atoms with E-state index in [1.165, 1.54) is 0 Å². The molecule has 0 saturated heterocycles. The van der Waals surface area contributed by atoms with Gasteiger partial charge in [0.05, 0.1) is 6.61 Å². The van der Waals surface area contributed by atoms with Crippen LogP contribution in [0.25, 0.3) is 0 Å². The molecule has 2 unspecified atom stereocenters. The summed E-state index contributed by atoms with van der Waals surface area (Å²) < 4.78 is 5.24. The van der Waals surface area contributed by atoms with E-state index in [0.717, 1.165) is 25.8 Å². The van der Waals surface area contributed by atoms with E-state index in [9.17, 15) is 4.79 Å². The predicted molar refractivity (Wildman–Crippen MR) is 76.8 cm³/mol. The molecule has 0 aromatic carbocycles. The number of nitrogens with zero attached hydrogens (tertiary/aromatic N) is 1. The van der Waals surface area contributed by atoms with Crippen molar-refractivity contribution < 1.29 is 9.53 Å². The molecule has 1 aliphatic heterocycles. The lowest BCUT2D eigenvalue weighted by atomic mass is 9.84. The van der Waals surface area contributed by atoms with Gasteiger partial charge < -0.3 is 4.74 Å². The van der Waals surface area contributed by atoms with Gasteiger partial charge in [-0.05, 0) is 26.2 Å². The maximum Gasteiger partial charge on any atom is 0.323 e. The molecule has 0 aromatic heterocycles. The number of hydrogen-bond donors (Lipinski definition) is 0. The molecule has 2 atom stereocenters. The summed E-state index contributed by atoms with van der Waals surface area (Å²) in [6.45, 7) is 5.31. The summed E-state index contributed by atoms with van der Waals surface area (Å²) in [6, 6.07) is -0.152. The molecule has 0 N–H and O–H groups in total. The highest BCUT2D eigenvalue weighted by atomic mass is 16.5. The van der Waals surface area contributed by atoms with Gasteiger partial charge in [0, 0.05) is 12.1 Å². The predicted octanol–water partition coefficient (Wildman–Crippen LogP) is 2.84. The monoisotopic (exact) mass is 261 g/mol. The summed E-state index contributed by atoms with van der Waals surface area (Å²) in [5.41, 5.74) is -0.0447. The quantitative estimate of drug-likeness (QED) is 0.575. The van der Waals surface area contributed by atoms with Crippen LogP contribution in [0.4, 0.5) is 0 Å². The maximum atomic E-state index is 12.2. The summed E-state index contributed by atoms with van der Waals surface area (Å²) in [5, 5.41) is 0. The van der Waals surface area contributed by atoms with Gasteiger partial charge in [0.2, 0.25) is 0 Å². The van der Waals surface area contributed by atoms with Crippen LogP contribution in [-0.2, 0) is 9.53 Å². The molecule has 1 heterocycles. The first-order chi connectivity index (χ1) is 9.23. The fourth-order valence-corrected chi connectivity index (χ4v) is 2.95. The van der Waals surface area contributed by atoms with Crippen LogP contribution in [0.5, 0.6) is 0 Å². The largest absolute Gasteiger partial charge is 0.465 e. The first-order valence-corrected chi connectivity index (χ1v) is 7.16. The summed E-state index contributed by atoms with van der Waals surface area (Å²) in [4.78, 5) is 14.5. The molecule has 0 amide bonds. The number of esters is 1. The minimum atomic E-state index is -0.152. The third-order valence-electron chi connectivity index (χ3n) is 4.07. The fourth-order valence-electron chi connectivity index (χ4n) is 2.95. The van der Waals surface area contributed by atoms with Crippen LogP contribution in [0.2, 0.25) is 0 Å². The molecule has 2 aliphatic rings. The van der Waals surface area contributed by atoms with Crippen LogP contribution in [0.15, 0.2) is 36.5 Å². The van der Waals surface area contributed by atoms with Gasteiger partial charge in [-0.15, -0.1) is 0 Å². The smallest absolute Gasteiger partial charge is 0.323 e. The second-order valence-electron chi connectivity index (χ2n) is 5.08. The van der Waals surface area contributed by atoms with Crippen molar-refractivity contribution in [3.63, 3.8) is 0 Å². The van der Waals surface area contributed by atoms with Crippen LogP contribution < -0.4 is 0 Å². The zero-order valence-electron chi connectivity index (χ0n) is 11.8. The van der Waals surface area contributed by atoms with E-state index in [-0.39, 0.29) is 17.6 Å². The van der Waals surface area contributed by atoms with Gasteiger partial charge in [0.25, 0.3) is 0 Å². The zero-order valence-corrected chi connectivity index (χ0v) is 11.8. The number of hydrogen-bond acceptors (Lipinski definition) is 3. The SMILES string of the molecule is CCOC(=O)C1CC=CCN1C1(CC)C=CC=CC1. The first kappa shape index (κ1) is 14.1. The van der Waals surface area contributed by atoms with Crippen molar-refractivity contribution in [2.24, 2.45) is 0 Å². The fraction of sp³-hybridized carbons (Fsp3) is 0.562. The van der Waals surface area contributed by atoms with E-state index in [4.69, 9.17) is 4.74 Å². The van der Waals surface area contributed by atoms with Crippen molar-refractivity contribution in [2.75, 3.05) is 13.2 Å². The number of carbonyl (C=O) groups is 1. The summed E-state index contributed by atoms with van der Waals surface area (Å²) in [6.07, 6.45) is 15.5. The minimum absolute atomic E-state index is 0.0447. The molecule has 3 nitrogen and oxygen atoms in total. The van der Waals surface area contributed by atoms with Crippen molar-refractivity contribution >= 4 is 5.97 Å². The van der Waals surface area contributed by atoms with Gasteiger partial charge in [0.1, 0.15) is 6.04 Å².